The zero-order chi connectivity index (χ0) is 12.3. The number of hydrogen-bond acceptors (Lipinski definition) is 4. The van der Waals surface area contributed by atoms with Crippen molar-refractivity contribution < 1.29 is 14.6 Å². The lowest BCUT2D eigenvalue weighted by Crippen LogP contribution is -1.92. The van der Waals surface area contributed by atoms with Crippen LogP contribution >= 0.6 is 0 Å². The molecule has 0 aliphatic carbocycles. The van der Waals surface area contributed by atoms with E-state index in [4.69, 9.17) is 4.74 Å². The standard InChI is InChI=1S/C13H11NO3/c1-17-13-11(6-3-7-14-13)10-5-2-4-9(8-15)12(10)16/h2-8,16H,1H3. The Morgan fingerprint density at radius 1 is 1.24 bits per heavy atom. The minimum atomic E-state index is -0.0613. The zero-order valence-electron chi connectivity index (χ0n) is 9.25. The van der Waals surface area contributed by atoms with E-state index in [-0.39, 0.29) is 11.3 Å². The Labute approximate surface area is 98.5 Å². The highest BCUT2D eigenvalue weighted by molar-refractivity contribution is 5.86. The van der Waals surface area contributed by atoms with E-state index in [2.05, 4.69) is 4.98 Å². The normalized spacial score (nSPS) is 9.94. The molecule has 0 saturated heterocycles. The fraction of sp³-hybridized carbons (Fsp3) is 0.0769. The molecular formula is C13H11NO3. The topological polar surface area (TPSA) is 59.4 Å². The monoisotopic (exact) mass is 229 g/mol. The smallest absolute Gasteiger partial charge is 0.221 e. The fourth-order valence-corrected chi connectivity index (χ4v) is 1.63. The van der Waals surface area contributed by atoms with Crippen molar-refractivity contribution in [3.63, 3.8) is 0 Å². The van der Waals surface area contributed by atoms with E-state index >= 15 is 0 Å². The molecule has 0 spiro atoms. The highest BCUT2D eigenvalue weighted by atomic mass is 16.5. The van der Waals surface area contributed by atoms with Gasteiger partial charge >= 0.3 is 0 Å². The van der Waals surface area contributed by atoms with Gasteiger partial charge in [-0.05, 0) is 18.2 Å². The number of methoxy groups -OCH3 is 1. The van der Waals surface area contributed by atoms with Gasteiger partial charge in [-0.3, -0.25) is 4.79 Å². The molecular weight excluding hydrogens is 218 g/mol. The Morgan fingerprint density at radius 3 is 2.71 bits per heavy atom. The zero-order valence-corrected chi connectivity index (χ0v) is 9.25. The maximum absolute atomic E-state index is 10.8. The SMILES string of the molecule is COc1ncccc1-c1cccc(C=O)c1O. The number of benzene rings is 1. The van der Waals surface area contributed by atoms with E-state index < -0.39 is 0 Å². The number of phenols is 1. The number of hydrogen-bond donors (Lipinski definition) is 1. The number of pyridine rings is 1. The number of rotatable bonds is 3. The second kappa shape index (κ2) is 4.65. The lowest BCUT2D eigenvalue weighted by atomic mass is 10.0. The number of phenolic OH excluding ortho intramolecular Hbond substituents is 1. The van der Waals surface area contributed by atoms with Crippen LogP contribution in [0.3, 0.4) is 0 Å². The number of aromatic hydroxyl groups is 1. The van der Waals surface area contributed by atoms with Crippen molar-refractivity contribution in [3.05, 3.63) is 42.1 Å². The van der Waals surface area contributed by atoms with Crippen LogP contribution in [0.1, 0.15) is 10.4 Å². The summed E-state index contributed by atoms with van der Waals surface area (Å²) in [5.41, 5.74) is 1.42. The van der Waals surface area contributed by atoms with Gasteiger partial charge in [-0.25, -0.2) is 4.98 Å². The van der Waals surface area contributed by atoms with E-state index in [1.165, 1.54) is 7.11 Å². The number of nitrogens with zero attached hydrogens (tertiary/aromatic N) is 1. The van der Waals surface area contributed by atoms with E-state index in [1.54, 1.807) is 36.5 Å². The third kappa shape index (κ3) is 1.97. The highest BCUT2D eigenvalue weighted by Crippen LogP contribution is 2.35. The van der Waals surface area contributed by atoms with E-state index in [9.17, 15) is 9.90 Å². The van der Waals surface area contributed by atoms with Crippen LogP contribution in [0.4, 0.5) is 0 Å². The van der Waals surface area contributed by atoms with Crippen molar-refractivity contribution in [3.8, 4) is 22.8 Å². The minimum absolute atomic E-state index is 0.0613. The number of carbonyl (C=O) groups is 1. The van der Waals surface area contributed by atoms with Crippen LogP contribution in [0.5, 0.6) is 11.6 Å². The molecule has 0 atom stereocenters. The van der Waals surface area contributed by atoms with Gasteiger partial charge in [0.05, 0.1) is 12.7 Å². The Bertz CT molecular complexity index is 552. The van der Waals surface area contributed by atoms with Crippen molar-refractivity contribution in [2.75, 3.05) is 7.11 Å². The minimum Gasteiger partial charge on any atom is -0.507 e. The Morgan fingerprint density at radius 2 is 2.00 bits per heavy atom. The molecule has 2 rings (SSSR count). The van der Waals surface area contributed by atoms with Crippen LogP contribution in [0.2, 0.25) is 0 Å². The lowest BCUT2D eigenvalue weighted by molar-refractivity contribution is 0.112. The summed E-state index contributed by atoms with van der Waals surface area (Å²) in [4.78, 5) is 14.8. The Kier molecular flexibility index (Phi) is 3.05. The first-order valence-electron chi connectivity index (χ1n) is 5.04. The van der Waals surface area contributed by atoms with Gasteiger partial charge in [-0.2, -0.15) is 0 Å². The molecule has 4 heteroatoms. The molecule has 1 aromatic carbocycles. The predicted octanol–water partition coefficient (Wildman–Crippen LogP) is 2.28. The second-order valence-electron chi connectivity index (χ2n) is 3.42. The van der Waals surface area contributed by atoms with Gasteiger partial charge in [0.2, 0.25) is 5.88 Å². The molecule has 4 nitrogen and oxygen atoms in total. The van der Waals surface area contributed by atoms with Gasteiger partial charge in [0.25, 0.3) is 0 Å². The van der Waals surface area contributed by atoms with Crippen LogP contribution in [-0.2, 0) is 0 Å². The quantitative estimate of drug-likeness (QED) is 0.820. The molecule has 1 N–H and O–H groups in total. The van der Waals surface area contributed by atoms with E-state index in [0.717, 1.165) is 0 Å². The lowest BCUT2D eigenvalue weighted by Gasteiger charge is -2.09. The fourth-order valence-electron chi connectivity index (χ4n) is 1.63. The molecule has 0 unspecified atom stereocenters. The molecule has 2 aromatic rings. The molecule has 0 fully saturated rings. The molecule has 17 heavy (non-hydrogen) atoms. The van der Waals surface area contributed by atoms with Crippen LogP contribution < -0.4 is 4.74 Å². The van der Waals surface area contributed by atoms with Crippen molar-refractivity contribution in [1.82, 2.24) is 4.98 Å². The summed E-state index contributed by atoms with van der Waals surface area (Å²) in [5.74, 6) is 0.347. The number of aldehydes is 1. The van der Waals surface area contributed by atoms with E-state index in [1.807, 2.05) is 0 Å². The Hall–Kier alpha value is -2.36. The molecule has 0 aliphatic rings. The first kappa shape index (κ1) is 11.1. The predicted molar refractivity (Wildman–Crippen MR) is 63.3 cm³/mol. The first-order valence-corrected chi connectivity index (χ1v) is 5.04. The van der Waals surface area contributed by atoms with Crippen LogP contribution in [0.15, 0.2) is 36.5 Å². The van der Waals surface area contributed by atoms with Crippen molar-refractivity contribution >= 4 is 6.29 Å². The van der Waals surface area contributed by atoms with Gasteiger partial charge in [0.15, 0.2) is 6.29 Å². The summed E-state index contributed by atoms with van der Waals surface area (Å²) in [6, 6.07) is 8.47. The molecule has 0 radical (unpaired) electrons. The van der Waals surface area contributed by atoms with Crippen molar-refractivity contribution in [2.24, 2.45) is 0 Å². The van der Waals surface area contributed by atoms with Crippen molar-refractivity contribution in [2.45, 2.75) is 0 Å². The van der Waals surface area contributed by atoms with Crippen LogP contribution in [0.25, 0.3) is 11.1 Å². The number of para-hydroxylation sites is 1. The van der Waals surface area contributed by atoms with E-state index in [0.29, 0.717) is 23.3 Å². The number of ether oxygens (including phenoxy) is 1. The first-order chi connectivity index (χ1) is 8.27. The largest absolute Gasteiger partial charge is 0.507 e. The van der Waals surface area contributed by atoms with Gasteiger partial charge < -0.3 is 9.84 Å². The van der Waals surface area contributed by atoms with Crippen LogP contribution in [0, 0.1) is 0 Å². The summed E-state index contributed by atoms with van der Waals surface area (Å²) in [6.07, 6.45) is 2.21. The summed E-state index contributed by atoms with van der Waals surface area (Å²) in [5, 5.41) is 9.95. The number of carbonyl (C=O) groups excluding carboxylic acids is 1. The maximum atomic E-state index is 10.8. The van der Waals surface area contributed by atoms with Crippen molar-refractivity contribution in [1.29, 1.82) is 0 Å². The van der Waals surface area contributed by atoms with Gasteiger partial charge in [-0.15, -0.1) is 0 Å². The summed E-state index contributed by atoms with van der Waals surface area (Å²) >= 11 is 0. The Balaban J connectivity index is 2.64. The average molecular weight is 229 g/mol. The molecule has 0 amide bonds. The third-order valence-corrected chi connectivity index (χ3v) is 2.45. The maximum Gasteiger partial charge on any atom is 0.221 e. The average Bonchev–Trinajstić information content (AvgIpc) is 2.39. The summed E-state index contributed by atoms with van der Waals surface area (Å²) < 4.78 is 5.12. The second-order valence-corrected chi connectivity index (χ2v) is 3.42. The van der Waals surface area contributed by atoms with Gasteiger partial charge in [-0.1, -0.05) is 12.1 Å². The molecule has 0 aliphatic heterocycles. The van der Waals surface area contributed by atoms with Gasteiger partial charge in [0.1, 0.15) is 5.75 Å². The summed E-state index contributed by atoms with van der Waals surface area (Å²) in [6.45, 7) is 0. The molecule has 0 saturated carbocycles. The molecule has 1 heterocycles. The number of aromatic nitrogens is 1. The highest BCUT2D eigenvalue weighted by Gasteiger charge is 2.12. The van der Waals surface area contributed by atoms with Crippen LogP contribution in [-0.4, -0.2) is 23.5 Å². The summed E-state index contributed by atoms with van der Waals surface area (Å²) in [7, 11) is 1.51. The van der Waals surface area contributed by atoms with Gasteiger partial charge in [0, 0.05) is 17.3 Å². The molecule has 0 bridgehead atoms. The third-order valence-electron chi connectivity index (χ3n) is 2.45. The molecule has 1 aromatic heterocycles. The molecule has 86 valence electrons.